The molecule has 1 aliphatic carbocycles. The molecule has 3 heterocycles. The maximum absolute atomic E-state index is 12.3. The molecule has 0 radical (unpaired) electrons. The van der Waals surface area contributed by atoms with Crippen molar-refractivity contribution in [2.24, 2.45) is 0 Å². The van der Waals surface area contributed by atoms with Gasteiger partial charge in [-0.3, -0.25) is 14.6 Å². The largest absolute Gasteiger partial charge is 0.463 e. The second-order valence-corrected chi connectivity index (χ2v) is 5.96. The number of rotatable bonds is 4. The van der Waals surface area contributed by atoms with Crippen LogP contribution in [0.25, 0.3) is 17.4 Å². The van der Waals surface area contributed by atoms with Crippen molar-refractivity contribution in [2.75, 3.05) is 5.32 Å². The number of fused-ring (bicyclic) bond motifs is 1. The fraction of sp³-hybridized carbons (Fsp3) is 0.222. The number of H-pyrrole nitrogens is 1. The highest BCUT2D eigenvalue weighted by atomic mass is 16.3. The van der Waals surface area contributed by atoms with E-state index in [4.69, 9.17) is 4.42 Å². The average molecular weight is 351 g/mol. The predicted octanol–water partition coefficient (Wildman–Crippen LogP) is 2.22. The third-order valence-electron chi connectivity index (χ3n) is 4.18. The van der Waals surface area contributed by atoms with Gasteiger partial charge in [0.25, 0.3) is 5.56 Å². The van der Waals surface area contributed by atoms with E-state index in [1.807, 2.05) is 0 Å². The molecule has 2 N–H and O–H groups in total. The third-order valence-corrected chi connectivity index (χ3v) is 4.18. The summed E-state index contributed by atoms with van der Waals surface area (Å²) in [4.78, 5) is 31.6. The van der Waals surface area contributed by atoms with Crippen molar-refractivity contribution in [3.05, 3.63) is 58.2 Å². The normalized spacial score (nSPS) is 13.3. The fourth-order valence-electron chi connectivity index (χ4n) is 3.02. The molecule has 0 unspecified atom stereocenters. The maximum atomic E-state index is 12.3. The standard InChI is InChI=1S/C18H17N5O3/c1-2-5-16(24)20-15-10-13(14-8-4-9-26-14)22-23(15)18-19-12-7-3-6-11(12)17(25)21-18/h2,4-5,8-10H,3,6-7H2,1H3,(H,20,24)(H,19,21,25)/b5-2-. The zero-order valence-corrected chi connectivity index (χ0v) is 14.2. The minimum atomic E-state index is -0.303. The number of allylic oxidation sites excluding steroid dienone is 1. The molecule has 1 amide bonds. The summed E-state index contributed by atoms with van der Waals surface area (Å²) >= 11 is 0. The van der Waals surface area contributed by atoms with Crippen LogP contribution in [0.3, 0.4) is 0 Å². The molecule has 4 rings (SSSR count). The van der Waals surface area contributed by atoms with Crippen LogP contribution in [0, 0.1) is 0 Å². The zero-order chi connectivity index (χ0) is 18.1. The van der Waals surface area contributed by atoms with E-state index in [-0.39, 0.29) is 17.4 Å². The van der Waals surface area contributed by atoms with Gasteiger partial charge in [-0.1, -0.05) is 6.08 Å². The molecule has 0 aliphatic heterocycles. The number of nitrogens with zero attached hydrogens (tertiary/aromatic N) is 3. The van der Waals surface area contributed by atoms with Crippen molar-refractivity contribution in [3.63, 3.8) is 0 Å². The van der Waals surface area contributed by atoms with Gasteiger partial charge in [0.15, 0.2) is 5.76 Å². The van der Waals surface area contributed by atoms with E-state index in [0.717, 1.165) is 30.5 Å². The van der Waals surface area contributed by atoms with Crippen molar-refractivity contribution in [1.29, 1.82) is 0 Å². The van der Waals surface area contributed by atoms with E-state index < -0.39 is 0 Å². The van der Waals surface area contributed by atoms with Crippen LogP contribution in [0.5, 0.6) is 0 Å². The minimum absolute atomic E-state index is 0.164. The Morgan fingerprint density at radius 2 is 2.31 bits per heavy atom. The molecule has 132 valence electrons. The highest BCUT2D eigenvalue weighted by molar-refractivity contribution is 5.99. The number of hydrogen-bond acceptors (Lipinski definition) is 5. The number of aromatic nitrogens is 4. The van der Waals surface area contributed by atoms with Crippen LogP contribution in [-0.2, 0) is 17.6 Å². The Morgan fingerprint density at radius 1 is 1.42 bits per heavy atom. The number of furan rings is 1. The summed E-state index contributed by atoms with van der Waals surface area (Å²) in [5.41, 5.74) is 1.87. The van der Waals surface area contributed by atoms with E-state index in [2.05, 4.69) is 20.4 Å². The van der Waals surface area contributed by atoms with Gasteiger partial charge in [-0.2, -0.15) is 9.78 Å². The molecule has 26 heavy (non-hydrogen) atoms. The molecule has 0 spiro atoms. The van der Waals surface area contributed by atoms with Gasteiger partial charge in [0.1, 0.15) is 11.5 Å². The lowest BCUT2D eigenvalue weighted by Gasteiger charge is -2.08. The summed E-state index contributed by atoms with van der Waals surface area (Å²) in [6.45, 7) is 1.75. The lowest BCUT2D eigenvalue weighted by Crippen LogP contribution is -2.20. The minimum Gasteiger partial charge on any atom is -0.463 e. The number of carbonyl (C=O) groups excluding carboxylic acids is 1. The number of hydrogen-bond donors (Lipinski definition) is 2. The topological polar surface area (TPSA) is 106 Å². The van der Waals surface area contributed by atoms with E-state index in [1.165, 1.54) is 10.8 Å². The molecule has 0 bridgehead atoms. The highest BCUT2D eigenvalue weighted by Crippen LogP contribution is 2.25. The molecule has 3 aromatic rings. The van der Waals surface area contributed by atoms with Gasteiger partial charge >= 0.3 is 0 Å². The Morgan fingerprint density at radius 3 is 3.08 bits per heavy atom. The molecular weight excluding hydrogens is 334 g/mol. The Balaban J connectivity index is 1.82. The SMILES string of the molecule is C/C=C\C(=O)Nc1cc(-c2ccco2)nn1-c1nc2c(c(=O)[nH]1)CCC2. The van der Waals surface area contributed by atoms with Crippen LogP contribution >= 0.6 is 0 Å². The van der Waals surface area contributed by atoms with Crippen molar-refractivity contribution in [1.82, 2.24) is 19.7 Å². The van der Waals surface area contributed by atoms with Crippen LogP contribution in [0.4, 0.5) is 5.82 Å². The van der Waals surface area contributed by atoms with Crippen molar-refractivity contribution >= 4 is 11.7 Å². The van der Waals surface area contributed by atoms with Gasteiger partial charge in [-0.05, 0) is 44.4 Å². The Labute approximate surface area is 148 Å². The van der Waals surface area contributed by atoms with Gasteiger partial charge < -0.3 is 9.73 Å². The molecule has 8 heteroatoms. The Hall–Kier alpha value is -3.42. The van der Waals surface area contributed by atoms with Crippen molar-refractivity contribution in [3.8, 4) is 17.4 Å². The summed E-state index contributed by atoms with van der Waals surface area (Å²) < 4.78 is 6.80. The monoisotopic (exact) mass is 351 g/mol. The number of aryl methyl sites for hydroxylation is 1. The van der Waals surface area contributed by atoms with Gasteiger partial charge in [-0.25, -0.2) is 4.98 Å². The summed E-state index contributed by atoms with van der Waals surface area (Å²) in [5.74, 6) is 0.904. The van der Waals surface area contributed by atoms with Crippen LogP contribution in [0.1, 0.15) is 24.6 Å². The molecule has 0 aromatic carbocycles. The quantitative estimate of drug-likeness (QED) is 0.701. The summed E-state index contributed by atoms with van der Waals surface area (Å²) in [5, 5.41) is 7.20. The fourth-order valence-corrected chi connectivity index (χ4v) is 3.02. The predicted molar refractivity (Wildman–Crippen MR) is 95.2 cm³/mol. The highest BCUT2D eigenvalue weighted by Gasteiger charge is 2.21. The lowest BCUT2D eigenvalue weighted by atomic mass is 10.3. The van der Waals surface area contributed by atoms with Crippen molar-refractivity contribution < 1.29 is 9.21 Å². The van der Waals surface area contributed by atoms with Crippen LogP contribution < -0.4 is 10.9 Å². The second kappa shape index (κ2) is 6.47. The molecule has 0 atom stereocenters. The van der Waals surface area contributed by atoms with Gasteiger partial charge in [0, 0.05) is 11.6 Å². The lowest BCUT2D eigenvalue weighted by molar-refractivity contribution is -0.111. The first-order chi connectivity index (χ1) is 12.7. The second-order valence-electron chi connectivity index (χ2n) is 5.96. The van der Waals surface area contributed by atoms with E-state index >= 15 is 0 Å². The first-order valence-electron chi connectivity index (χ1n) is 8.36. The zero-order valence-electron chi connectivity index (χ0n) is 14.2. The van der Waals surface area contributed by atoms with Gasteiger partial charge in [0.05, 0.1) is 12.0 Å². The average Bonchev–Trinajstić information content (AvgIpc) is 3.35. The molecule has 0 saturated heterocycles. The van der Waals surface area contributed by atoms with Gasteiger partial charge in [-0.15, -0.1) is 0 Å². The van der Waals surface area contributed by atoms with Gasteiger partial charge in [0.2, 0.25) is 11.9 Å². The maximum Gasteiger partial charge on any atom is 0.255 e. The summed E-state index contributed by atoms with van der Waals surface area (Å²) in [7, 11) is 0. The number of aromatic amines is 1. The molecular formula is C18H17N5O3. The van der Waals surface area contributed by atoms with E-state index in [1.54, 1.807) is 37.5 Å². The molecule has 1 aliphatic rings. The van der Waals surface area contributed by atoms with Crippen LogP contribution in [0.15, 0.2) is 45.8 Å². The molecule has 8 nitrogen and oxygen atoms in total. The molecule has 3 aromatic heterocycles. The van der Waals surface area contributed by atoms with Crippen LogP contribution in [-0.4, -0.2) is 25.7 Å². The summed E-state index contributed by atoms with van der Waals surface area (Å²) in [6, 6.07) is 5.19. The van der Waals surface area contributed by atoms with Crippen molar-refractivity contribution in [2.45, 2.75) is 26.2 Å². The Kier molecular flexibility index (Phi) is 4.00. The number of carbonyl (C=O) groups is 1. The number of anilines is 1. The third kappa shape index (κ3) is 2.85. The summed E-state index contributed by atoms with van der Waals surface area (Å²) in [6.07, 6.45) is 7.00. The smallest absolute Gasteiger partial charge is 0.255 e. The number of amides is 1. The first kappa shape index (κ1) is 16.1. The number of nitrogens with one attached hydrogen (secondary N) is 2. The van der Waals surface area contributed by atoms with Crippen LogP contribution in [0.2, 0.25) is 0 Å². The molecule has 0 saturated carbocycles. The van der Waals surface area contributed by atoms with E-state index in [0.29, 0.717) is 17.3 Å². The Bertz CT molecular complexity index is 1040. The molecule has 0 fully saturated rings. The first-order valence-corrected chi connectivity index (χ1v) is 8.36. The van der Waals surface area contributed by atoms with E-state index in [9.17, 15) is 9.59 Å².